The smallest absolute Gasteiger partial charge is 0.364 e. The van der Waals surface area contributed by atoms with Crippen molar-refractivity contribution < 1.29 is 9.90 Å². The van der Waals surface area contributed by atoms with Gasteiger partial charge in [-0.25, -0.2) is 0 Å². The maximum absolute atomic E-state index is 11.7. The molecule has 2 aromatic carbocycles. The first-order valence-corrected chi connectivity index (χ1v) is 6.91. The van der Waals surface area contributed by atoms with Crippen molar-refractivity contribution in [1.29, 1.82) is 0 Å². The SMILES string of the molecule is Nc1ccc(O)c(C(=O)N=[N+]=NCCCc2ccccc2)c1. The number of anilines is 1. The van der Waals surface area contributed by atoms with Crippen molar-refractivity contribution in [1.82, 2.24) is 4.91 Å². The monoisotopic (exact) mass is 297 g/mol. The fourth-order valence-corrected chi connectivity index (χ4v) is 1.89. The molecule has 0 bridgehead atoms. The van der Waals surface area contributed by atoms with Gasteiger partial charge in [0.2, 0.25) is 10.0 Å². The largest absolute Gasteiger partial charge is 0.507 e. The molecule has 2 aromatic rings. The van der Waals surface area contributed by atoms with Crippen LogP contribution in [0.4, 0.5) is 5.69 Å². The first-order chi connectivity index (χ1) is 10.7. The highest BCUT2D eigenvalue weighted by atomic mass is 16.3. The molecule has 6 nitrogen and oxygen atoms in total. The molecule has 0 radical (unpaired) electrons. The zero-order valence-corrected chi connectivity index (χ0v) is 12.0. The second kappa shape index (κ2) is 7.71. The number of aryl methyl sites for hydroxylation is 1. The second-order valence-electron chi connectivity index (χ2n) is 4.73. The summed E-state index contributed by atoms with van der Waals surface area (Å²) in [5.41, 5.74) is 7.18. The molecule has 0 saturated heterocycles. The van der Waals surface area contributed by atoms with Crippen LogP contribution in [0.15, 0.2) is 58.8 Å². The van der Waals surface area contributed by atoms with E-state index in [1.807, 2.05) is 30.3 Å². The van der Waals surface area contributed by atoms with Crippen LogP contribution in [0.25, 0.3) is 0 Å². The number of benzene rings is 2. The highest BCUT2D eigenvalue weighted by Gasteiger charge is 2.15. The van der Waals surface area contributed by atoms with Crippen LogP contribution in [-0.2, 0) is 6.42 Å². The van der Waals surface area contributed by atoms with Gasteiger partial charge in [-0.3, -0.25) is 4.79 Å². The predicted octanol–water partition coefficient (Wildman–Crippen LogP) is 2.72. The van der Waals surface area contributed by atoms with Crippen molar-refractivity contribution in [2.45, 2.75) is 12.8 Å². The molecule has 0 aliphatic heterocycles. The maximum Gasteiger partial charge on any atom is 0.364 e. The molecule has 1 amide bonds. The Morgan fingerprint density at radius 3 is 2.73 bits per heavy atom. The first kappa shape index (κ1) is 15.4. The molecule has 0 atom stereocenters. The van der Waals surface area contributed by atoms with Crippen LogP contribution in [0.2, 0.25) is 0 Å². The third-order valence-corrected chi connectivity index (χ3v) is 3.02. The minimum atomic E-state index is -0.670. The Hall–Kier alpha value is -2.98. The van der Waals surface area contributed by atoms with Gasteiger partial charge in [-0.1, -0.05) is 30.3 Å². The van der Waals surface area contributed by atoms with E-state index in [1.54, 1.807) is 0 Å². The minimum absolute atomic E-state index is 0.0169. The van der Waals surface area contributed by atoms with Crippen LogP contribution in [0.1, 0.15) is 22.3 Å². The molecule has 0 aromatic heterocycles. The van der Waals surface area contributed by atoms with Crippen molar-refractivity contribution in [3.8, 4) is 5.75 Å². The Bertz CT molecular complexity index is 707. The van der Waals surface area contributed by atoms with Gasteiger partial charge in [0.15, 0.2) is 0 Å². The molecule has 112 valence electrons. The van der Waals surface area contributed by atoms with Gasteiger partial charge in [0.1, 0.15) is 17.4 Å². The number of nitrogens with zero attached hydrogens (tertiary/aromatic N) is 3. The number of nitrogens with two attached hydrogens (primary N) is 1. The van der Waals surface area contributed by atoms with Gasteiger partial charge in [-0.2, -0.15) is 0 Å². The normalized spacial score (nSPS) is 9.82. The van der Waals surface area contributed by atoms with Crippen LogP contribution < -0.4 is 10.6 Å². The number of hydrogen-bond donors (Lipinski definition) is 2. The molecule has 0 saturated carbocycles. The van der Waals surface area contributed by atoms with Crippen molar-refractivity contribution in [3.05, 3.63) is 59.7 Å². The zero-order valence-electron chi connectivity index (χ0n) is 12.0. The fraction of sp³-hybridized carbons (Fsp3) is 0.188. The van der Waals surface area contributed by atoms with Crippen LogP contribution >= 0.6 is 0 Å². The van der Waals surface area contributed by atoms with Crippen LogP contribution in [0, 0.1) is 0 Å². The molecular formula is C16H17N4O2+. The van der Waals surface area contributed by atoms with Gasteiger partial charge >= 0.3 is 5.91 Å². The van der Waals surface area contributed by atoms with E-state index >= 15 is 0 Å². The van der Waals surface area contributed by atoms with E-state index < -0.39 is 5.91 Å². The van der Waals surface area contributed by atoms with Gasteiger partial charge in [0, 0.05) is 5.69 Å². The lowest BCUT2D eigenvalue weighted by Crippen LogP contribution is -1.97. The fourth-order valence-electron chi connectivity index (χ4n) is 1.89. The number of carbonyl (C=O) groups is 1. The number of carbonyl (C=O) groups excluding carboxylic acids is 1. The van der Waals surface area contributed by atoms with Crippen molar-refractivity contribution in [2.24, 2.45) is 10.2 Å². The molecule has 0 aliphatic rings. The Balaban J connectivity index is 1.86. The van der Waals surface area contributed by atoms with Crippen LogP contribution in [-0.4, -0.2) is 17.6 Å². The lowest BCUT2D eigenvalue weighted by Gasteiger charge is -1.97. The minimum Gasteiger partial charge on any atom is -0.507 e. The number of phenolic OH excluding ortho intramolecular Hbond substituents is 1. The summed E-state index contributed by atoms with van der Waals surface area (Å²) in [5.74, 6) is -0.848. The van der Waals surface area contributed by atoms with Gasteiger partial charge in [0.25, 0.3) is 0 Å². The molecule has 6 heteroatoms. The predicted molar refractivity (Wildman–Crippen MR) is 83.5 cm³/mol. The Kier molecular flexibility index (Phi) is 5.40. The maximum atomic E-state index is 11.7. The van der Waals surface area contributed by atoms with Crippen molar-refractivity contribution in [2.75, 3.05) is 12.3 Å². The van der Waals surface area contributed by atoms with E-state index in [2.05, 4.69) is 15.1 Å². The molecule has 2 rings (SSSR count). The number of rotatable bonds is 5. The lowest BCUT2D eigenvalue weighted by atomic mass is 10.1. The van der Waals surface area contributed by atoms with E-state index in [0.29, 0.717) is 12.2 Å². The zero-order chi connectivity index (χ0) is 15.8. The summed E-state index contributed by atoms with van der Waals surface area (Å²) in [6.07, 6.45) is 1.71. The van der Waals surface area contributed by atoms with E-state index in [9.17, 15) is 9.90 Å². The number of hydrogen-bond acceptors (Lipinski definition) is 4. The molecule has 3 N–H and O–H groups in total. The number of aromatic hydroxyl groups is 1. The number of amides is 1. The van der Waals surface area contributed by atoms with E-state index in [-0.39, 0.29) is 11.3 Å². The topological polar surface area (TPSA) is 102 Å². The first-order valence-electron chi connectivity index (χ1n) is 6.91. The lowest BCUT2D eigenvalue weighted by molar-refractivity contribution is 0.0990. The molecular weight excluding hydrogens is 280 g/mol. The van der Waals surface area contributed by atoms with Crippen molar-refractivity contribution in [3.63, 3.8) is 0 Å². The van der Waals surface area contributed by atoms with Crippen molar-refractivity contribution >= 4 is 11.6 Å². The third-order valence-electron chi connectivity index (χ3n) is 3.02. The average molecular weight is 297 g/mol. The molecule has 0 unspecified atom stereocenters. The summed E-state index contributed by atoms with van der Waals surface area (Å²) < 4.78 is 0. The molecule has 0 fully saturated rings. The van der Waals surface area contributed by atoms with E-state index in [0.717, 1.165) is 12.8 Å². The summed E-state index contributed by atoms with van der Waals surface area (Å²) in [7, 11) is 0. The van der Waals surface area contributed by atoms with Gasteiger partial charge in [-0.15, -0.1) is 0 Å². The Morgan fingerprint density at radius 2 is 1.95 bits per heavy atom. The van der Waals surface area contributed by atoms with Crippen LogP contribution in [0.5, 0.6) is 5.75 Å². The Labute approximate surface area is 128 Å². The molecule has 0 heterocycles. The van der Waals surface area contributed by atoms with E-state index in [1.165, 1.54) is 23.8 Å². The highest BCUT2D eigenvalue weighted by Crippen LogP contribution is 2.20. The van der Waals surface area contributed by atoms with Gasteiger partial charge < -0.3 is 10.8 Å². The summed E-state index contributed by atoms with van der Waals surface area (Å²) in [4.78, 5) is 15.2. The van der Waals surface area contributed by atoms with E-state index in [4.69, 9.17) is 5.73 Å². The number of phenols is 1. The quantitative estimate of drug-likeness (QED) is 0.291. The van der Waals surface area contributed by atoms with Gasteiger partial charge in [0.05, 0.1) is 5.56 Å². The molecule has 22 heavy (non-hydrogen) atoms. The molecule has 0 aliphatic carbocycles. The average Bonchev–Trinajstić information content (AvgIpc) is 2.54. The summed E-state index contributed by atoms with van der Waals surface area (Å²) >= 11 is 0. The second-order valence-corrected chi connectivity index (χ2v) is 4.73. The summed E-state index contributed by atoms with van der Waals surface area (Å²) in [6.45, 7) is 0.481. The van der Waals surface area contributed by atoms with Gasteiger partial charge in [-0.05, 0) is 36.6 Å². The van der Waals surface area contributed by atoms with Crippen LogP contribution in [0.3, 0.4) is 0 Å². The number of nitrogen functional groups attached to an aromatic ring is 1. The third kappa shape index (κ3) is 4.54. The standard InChI is InChI=1S/C16H16N4O2/c17-13-8-9-15(21)14(11-13)16(22)19-20-18-10-4-7-12-5-2-1-3-6-12/h1-3,5-6,8-9,11,17H,4,7,10H2,(H,18,19,22)/p+1. The Morgan fingerprint density at radius 1 is 1.18 bits per heavy atom. The molecule has 0 spiro atoms. The summed E-state index contributed by atoms with van der Waals surface area (Å²) in [5, 5.41) is 16.8. The highest BCUT2D eigenvalue weighted by molar-refractivity contribution is 5.97. The summed E-state index contributed by atoms with van der Waals surface area (Å²) in [6, 6.07) is 14.2.